The second-order valence-corrected chi connectivity index (χ2v) is 5.29. The van der Waals surface area contributed by atoms with Crippen molar-refractivity contribution < 1.29 is 4.79 Å². The molecule has 1 nitrogen and oxygen atoms in total. The molecule has 0 saturated heterocycles. The highest BCUT2D eigenvalue weighted by Gasteiger charge is 2.25. The summed E-state index contributed by atoms with van der Waals surface area (Å²) < 4.78 is 2.06. The smallest absolute Gasteiger partial charge is 0.140 e. The summed E-state index contributed by atoms with van der Waals surface area (Å²) >= 11 is 6.88. The van der Waals surface area contributed by atoms with Crippen LogP contribution in [0.5, 0.6) is 0 Å². The van der Waals surface area contributed by atoms with Crippen LogP contribution < -0.4 is 0 Å². The van der Waals surface area contributed by atoms with Gasteiger partial charge in [-0.2, -0.15) is 0 Å². The second kappa shape index (κ2) is 4.15. The van der Waals surface area contributed by atoms with Crippen molar-refractivity contribution in [2.24, 2.45) is 0 Å². The largest absolute Gasteiger partial charge is 0.299 e. The standard InChI is InChI=1S/C11H10Br2O/c12-9-5-4-7(6-10(9)13)8-2-1-3-11(8)14/h4-6,8H,1-3H2. The maximum Gasteiger partial charge on any atom is 0.140 e. The maximum absolute atomic E-state index is 11.5. The first-order chi connectivity index (χ1) is 6.68. The summed E-state index contributed by atoms with van der Waals surface area (Å²) in [5.41, 5.74) is 1.14. The minimum absolute atomic E-state index is 0.138. The van der Waals surface area contributed by atoms with Gasteiger partial charge in [-0.3, -0.25) is 4.79 Å². The Labute approximate surface area is 100 Å². The normalized spacial score (nSPS) is 21.6. The number of rotatable bonds is 1. The molecular weight excluding hydrogens is 308 g/mol. The molecule has 1 aliphatic rings. The lowest BCUT2D eigenvalue weighted by molar-refractivity contribution is -0.118. The Morgan fingerprint density at radius 1 is 1.21 bits per heavy atom. The van der Waals surface area contributed by atoms with E-state index < -0.39 is 0 Å². The molecule has 0 amide bonds. The fourth-order valence-electron chi connectivity index (χ4n) is 1.90. The number of carbonyl (C=O) groups excluding carboxylic acids is 1. The lowest BCUT2D eigenvalue weighted by atomic mass is 9.97. The van der Waals surface area contributed by atoms with Crippen molar-refractivity contribution in [3.63, 3.8) is 0 Å². The number of benzene rings is 1. The maximum atomic E-state index is 11.5. The molecule has 0 spiro atoms. The van der Waals surface area contributed by atoms with Gasteiger partial charge in [0.15, 0.2) is 0 Å². The second-order valence-electron chi connectivity index (χ2n) is 3.58. The molecule has 1 aliphatic carbocycles. The van der Waals surface area contributed by atoms with Gasteiger partial charge in [-0.25, -0.2) is 0 Å². The van der Waals surface area contributed by atoms with Crippen molar-refractivity contribution in [3.8, 4) is 0 Å². The van der Waals surface area contributed by atoms with Crippen LogP contribution >= 0.6 is 31.9 Å². The first-order valence-electron chi connectivity index (χ1n) is 4.66. The predicted molar refractivity (Wildman–Crippen MR) is 63.4 cm³/mol. The van der Waals surface area contributed by atoms with Gasteiger partial charge >= 0.3 is 0 Å². The lowest BCUT2D eigenvalue weighted by Gasteiger charge is -2.09. The van der Waals surface area contributed by atoms with Crippen molar-refractivity contribution >= 4 is 37.6 Å². The zero-order valence-corrected chi connectivity index (χ0v) is 10.8. The third-order valence-electron chi connectivity index (χ3n) is 2.65. The van der Waals surface area contributed by atoms with E-state index in [1.165, 1.54) is 0 Å². The molecule has 1 fully saturated rings. The fourth-order valence-corrected chi connectivity index (χ4v) is 2.54. The van der Waals surface area contributed by atoms with Crippen LogP contribution in [0.15, 0.2) is 27.1 Å². The Balaban J connectivity index is 2.32. The molecule has 0 N–H and O–H groups in total. The van der Waals surface area contributed by atoms with Crippen LogP contribution in [0.2, 0.25) is 0 Å². The van der Waals surface area contributed by atoms with Crippen LogP contribution in [0.25, 0.3) is 0 Å². The summed E-state index contributed by atoms with van der Waals surface area (Å²) in [5.74, 6) is 0.527. The van der Waals surface area contributed by atoms with Gasteiger partial charge in [-0.15, -0.1) is 0 Å². The molecule has 2 rings (SSSR count). The van der Waals surface area contributed by atoms with E-state index in [1.54, 1.807) is 0 Å². The number of halogens is 2. The minimum Gasteiger partial charge on any atom is -0.299 e. The first kappa shape index (κ1) is 10.4. The molecule has 1 unspecified atom stereocenters. The van der Waals surface area contributed by atoms with Gasteiger partial charge in [0.2, 0.25) is 0 Å². The number of hydrogen-bond donors (Lipinski definition) is 0. The average Bonchev–Trinajstić information content (AvgIpc) is 2.57. The molecule has 14 heavy (non-hydrogen) atoms. The average molecular weight is 318 g/mol. The van der Waals surface area contributed by atoms with E-state index >= 15 is 0 Å². The molecule has 1 saturated carbocycles. The Morgan fingerprint density at radius 3 is 2.57 bits per heavy atom. The van der Waals surface area contributed by atoms with Crippen molar-refractivity contribution in [1.82, 2.24) is 0 Å². The van der Waals surface area contributed by atoms with Gasteiger partial charge in [0, 0.05) is 21.3 Å². The highest BCUT2D eigenvalue weighted by molar-refractivity contribution is 9.13. The van der Waals surface area contributed by atoms with Gasteiger partial charge in [0.05, 0.1) is 0 Å². The number of ketones is 1. The first-order valence-corrected chi connectivity index (χ1v) is 6.25. The van der Waals surface area contributed by atoms with E-state index in [1.807, 2.05) is 18.2 Å². The van der Waals surface area contributed by atoms with E-state index in [-0.39, 0.29) is 5.92 Å². The summed E-state index contributed by atoms with van der Waals surface area (Å²) in [5, 5.41) is 0. The summed E-state index contributed by atoms with van der Waals surface area (Å²) in [7, 11) is 0. The third-order valence-corrected chi connectivity index (χ3v) is 4.53. The highest BCUT2D eigenvalue weighted by atomic mass is 79.9. The third kappa shape index (κ3) is 1.94. The molecule has 1 atom stereocenters. The quantitative estimate of drug-likeness (QED) is 0.763. The van der Waals surface area contributed by atoms with Gasteiger partial charge in [0.25, 0.3) is 0 Å². The highest BCUT2D eigenvalue weighted by Crippen LogP contribution is 2.34. The predicted octanol–water partition coefficient (Wildman–Crippen LogP) is 4.05. The number of Topliss-reactive ketones (excluding diaryl/α,β-unsaturated/α-hetero) is 1. The molecule has 74 valence electrons. The van der Waals surface area contributed by atoms with E-state index in [2.05, 4.69) is 31.9 Å². The van der Waals surface area contributed by atoms with Gasteiger partial charge < -0.3 is 0 Å². The van der Waals surface area contributed by atoms with Crippen LogP contribution in [0.4, 0.5) is 0 Å². The molecule has 3 heteroatoms. The monoisotopic (exact) mass is 316 g/mol. The van der Waals surface area contributed by atoms with Crippen molar-refractivity contribution in [1.29, 1.82) is 0 Å². The summed E-state index contributed by atoms with van der Waals surface area (Å²) in [6, 6.07) is 6.06. The molecule has 1 aromatic rings. The molecule has 0 heterocycles. The summed E-state index contributed by atoms with van der Waals surface area (Å²) in [4.78, 5) is 11.5. The topological polar surface area (TPSA) is 17.1 Å². The molecule has 0 aromatic heterocycles. The molecule has 0 radical (unpaired) electrons. The van der Waals surface area contributed by atoms with Crippen LogP contribution in [0.1, 0.15) is 30.7 Å². The molecule has 0 aliphatic heterocycles. The molecular formula is C11H10Br2O. The van der Waals surface area contributed by atoms with E-state index in [4.69, 9.17) is 0 Å². The number of hydrogen-bond acceptors (Lipinski definition) is 1. The summed E-state index contributed by atoms with van der Waals surface area (Å²) in [6.07, 6.45) is 2.79. The Morgan fingerprint density at radius 2 is 2.00 bits per heavy atom. The fraction of sp³-hybridized carbons (Fsp3) is 0.364. The van der Waals surface area contributed by atoms with E-state index in [9.17, 15) is 4.79 Å². The van der Waals surface area contributed by atoms with Crippen molar-refractivity contribution in [2.75, 3.05) is 0 Å². The van der Waals surface area contributed by atoms with Crippen molar-refractivity contribution in [3.05, 3.63) is 32.7 Å². The van der Waals surface area contributed by atoms with Gasteiger partial charge in [0.1, 0.15) is 5.78 Å². The van der Waals surface area contributed by atoms with Crippen LogP contribution in [0, 0.1) is 0 Å². The van der Waals surface area contributed by atoms with Crippen molar-refractivity contribution in [2.45, 2.75) is 25.2 Å². The molecule has 0 bridgehead atoms. The Bertz CT molecular complexity index is 374. The summed E-state index contributed by atoms with van der Waals surface area (Å²) in [6.45, 7) is 0. The Hall–Kier alpha value is -0.150. The van der Waals surface area contributed by atoms with E-state index in [0.717, 1.165) is 33.8 Å². The van der Waals surface area contributed by atoms with Gasteiger partial charge in [-0.1, -0.05) is 6.07 Å². The Kier molecular flexibility index (Phi) is 3.07. The van der Waals surface area contributed by atoms with Crippen LogP contribution in [0.3, 0.4) is 0 Å². The van der Waals surface area contributed by atoms with Gasteiger partial charge in [-0.05, 0) is 62.4 Å². The van der Waals surface area contributed by atoms with Crippen LogP contribution in [-0.4, -0.2) is 5.78 Å². The zero-order valence-electron chi connectivity index (χ0n) is 7.59. The minimum atomic E-state index is 0.138. The number of carbonyl (C=O) groups is 1. The van der Waals surface area contributed by atoms with Crippen LogP contribution in [-0.2, 0) is 4.79 Å². The lowest BCUT2D eigenvalue weighted by Crippen LogP contribution is -2.03. The zero-order chi connectivity index (χ0) is 10.1. The SMILES string of the molecule is O=C1CCCC1c1ccc(Br)c(Br)c1. The molecule has 1 aromatic carbocycles. The van der Waals surface area contributed by atoms with E-state index in [0.29, 0.717) is 5.78 Å².